The lowest BCUT2D eigenvalue weighted by molar-refractivity contribution is 0.454. The molecule has 3 nitrogen and oxygen atoms in total. The molecule has 0 aliphatic heterocycles. The molecular weight excluding hydrogens is 311 g/mol. The molecule has 0 saturated heterocycles. The molecule has 0 saturated carbocycles. The SMILES string of the molecule is Cc1cc(Oc2ccccc2)nc(SCc2ccccc2F)n1. The average Bonchev–Trinajstić information content (AvgIpc) is 2.54. The van der Waals surface area contributed by atoms with Crippen LogP contribution in [0.4, 0.5) is 4.39 Å². The molecule has 5 heteroatoms. The van der Waals surface area contributed by atoms with Gasteiger partial charge in [0.2, 0.25) is 5.88 Å². The first-order valence-corrected chi connectivity index (χ1v) is 8.14. The van der Waals surface area contributed by atoms with Gasteiger partial charge in [-0.1, -0.05) is 48.2 Å². The number of ether oxygens (including phenoxy) is 1. The van der Waals surface area contributed by atoms with Gasteiger partial charge in [-0.15, -0.1) is 0 Å². The third-order valence-electron chi connectivity index (χ3n) is 3.09. The lowest BCUT2D eigenvalue weighted by atomic mass is 10.2. The van der Waals surface area contributed by atoms with E-state index < -0.39 is 0 Å². The van der Waals surface area contributed by atoms with Gasteiger partial charge in [-0.2, -0.15) is 4.98 Å². The summed E-state index contributed by atoms with van der Waals surface area (Å²) in [6, 6.07) is 17.9. The molecule has 0 bridgehead atoms. The molecule has 116 valence electrons. The summed E-state index contributed by atoms with van der Waals surface area (Å²) in [6.45, 7) is 1.88. The molecule has 23 heavy (non-hydrogen) atoms. The van der Waals surface area contributed by atoms with E-state index in [9.17, 15) is 4.39 Å². The van der Waals surface area contributed by atoms with Crippen LogP contribution in [0.1, 0.15) is 11.3 Å². The fraction of sp³-hybridized carbons (Fsp3) is 0.111. The highest BCUT2D eigenvalue weighted by molar-refractivity contribution is 7.98. The number of hydrogen-bond donors (Lipinski definition) is 0. The average molecular weight is 326 g/mol. The normalized spacial score (nSPS) is 10.5. The zero-order valence-electron chi connectivity index (χ0n) is 12.6. The predicted molar refractivity (Wildman–Crippen MR) is 89.2 cm³/mol. The first-order chi connectivity index (χ1) is 11.2. The molecule has 1 aromatic heterocycles. The minimum atomic E-state index is -0.214. The van der Waals surface area contributed by atoms with Crippen molar-refractivity contribution >= 4 is 11.8 Å². The van der Waals surface area contributed by atoms with Crippen LogP contribution in [-0.4, -0.2) is 9.97 Å². The van der Waals surface area contributed by atoms with Crippen molar-refractivity contribution in [3.05, 3.63) is 77.7 Å². The summed E-state index contributed by atoms with van der Waals surface area (Å²) in [5, 5.41) is 0.569. The monoisotopic (exact) mass is 326 g/mol. The smallest absolute Gasteiger partial charge is 0.223 e. The van der Waals surface area contributed by atoms with Gasteiger partial charge in [-0.3, -0.25) is 0 Å². The molecule has 0 spiro atoms. The molecule has 0 fully saturated rings. The number of nitrogens with zero attached hydrogens (tertiary/aromatic N) is 2. The van der Waals surface area contributed by atoms with Crippen LogP contribution in [0.5, 0.6) is 11.6 Å². The number of halogens is 1. The minimum Gasteiger partial charge on any atom is -0.439 e. The molecule has 0 unspecified atom stereocenters. The molecule has 1 heterocycles. The van der Waals surface area contributed by atoms with Gasteiger partial charge in [0.1, 0.15) is 11.6 Å². The van der Waals surface area contributed by atoms with Crippen molar-refractivity contribution in [3.63, 3.8) is 0 Å². The van der Waals surface area contributed by atoms with E-state index in [1.165, 1.54) is 17.8 Å². The van der Waals surface area contributed by atoms with Crippen LogP contribution < -0.4 is 4.74 Å². The van der Waals surface area contributed by atoms with E-state index in [1.807, 2.05) is 43.3 Å². The Morgan fingerprint density at radius 2 is 1.74 bits per heavy atom. The highest BCUT2D eigenvalue weighted by Crippen LogP contribution is 2.25. The second-order valence-corrected chi connectivity index (χ2v) is 5.87. The quantitative estimate of drug-likeness (QED) is 0.488. The van der Waals surface area contributed by atoms with Gasteiger partial charge >= 0.3 is 0 Å². The zero-order chi connectivity index (χ0) is 16.1. The second kappa shape index (κ2) is 7.24. The molecule has 0 atom stereocenters. The molecule has 0 amide bonds. The Morgan fingerprint density at radius 3 is 2.52 bits per heavy atom. The van der Waals surface area contributed by atoms with Crippen molar-refractivity contribution in [2.24, 2.45) is 0 Å². The summed E-state index contributed by atoms with van der Waals surface area (Å²) < 4.78 is 19.4. The van der Waals surface area contributed by atoms with Gasteiger partial charge in [0.25, 0.3) is 0 Å². The fourth-order valence-corrected chi connectivity index (χ4v) is 2.88. The number of para-hydroxylation sites is 1. The van der Waals surface area contributed by atoms with E-state index >= 15 is 0 Å². The van der Waals surface area contributed by atoms with E-state index in [1.54, 1.807) is 18.2 Å². The van der Waals surface area contributed by atoms with Gasteiger partial charge < -0.3 is 4.74 Å². The molecule has 0 aliphatic carbocycles. The van der Waals surface area contributed by atoms with E-state index in [2.05, 4.69) is 9.97 Å². The Morgan fingerprint density at radius 1 is 1.00 bits per heavy atom. The molecular formula is C18H15FN2OS. The summed E-state index contributed by atoms with van der Waals surface area (Å²) >= 11 is 1.38. The van der Waals surface area contributed by atoms with Crippen LogP contribution in [0.3, 0.4) is 0 Å². The highest BCUT2D eigenvalue weighted by Gasteiger charge is 2.07. The Labute approximate surface area is 138 Å². The molecule has 0 aliphatic rings. The van der Waals surface area contributed by atoms with E-state index in [-0.39, 0.29) is 5.82 Å². The van der Waals surface area contributed by atoms with Crippen LogP contribution >= 0.6 is 11.8 Å². The third-order valence-corrected chi connectivity index (χ3v) is 3.99. The summed E-state index contributed by atoms with van der Waals surface area (Å²) in [5.41, 5.74) is 1.44. The van der Waals surface area contributed by atoms with Crippen molar-refractivity contribution < 1.29 is 9.13 Å². The van der Waals surface area contributed by atoms with Gasteiger partial charge in [-0.05, 0) is 30.7 Å². The van der Waals surface area contributed by atoms with E-state index in [0.717, 1.165) is 11.4 Å². The fourth-order valence-electron chi connectivity index (χ4n) is 2.00. The van der Waals surface area contributed by atoms with Crippen LogP contribution in [0, 0.1) is 12.7 Å². The zero-order valence-corrected chi connectivity index (χ0v) is 13.4. The van der Waals surface area contributed by atoms with Crippen molar-refractivity contribution in [2.45, 2.75) is 17.8 Å². The van der Waals surface area contributed by atoms with E-state index in [4.69, 9.17) is 4.74 Å². The highest BCUT2D eigenvalue weighted by atomic mass is 32.2. The van der Waals surface area contributed by atoms with Crippen molar-refractivity contribution in [3.8, 4) is 11.6 Å². The number of rotatable bonds is 5. The first kappa shape index (κ1) is 15.5. The third kappa shape index (κ3) is 4.29. The maximum absolute atomic E-state index is 13.7. The lowest BCUT2D eigenvalue weighted by Crippen LogP contribution is -1.95. The molecule has 0 radical (unpaired) electrons. The summed E-state index contributed by atoms with van der Waals surface area (Å²) in [5.74, 6) is 1.46. The second-order valence-electron chi connectivity index (χ2n) is 4.93. The predicted octanol–water partition coefficient (Wildman–Crippen LogP) is 5.01. The Balaban J connectivity index is 1.74. The number of aromatic nitrogens is 2. The molecule has 3 aromatic rings. The summed E-state index contributed by atoms with van der Waals surface area (Å²) in [6.07, 6.45) is 0. The molecule has 3 rings (SSSR count). The summed E-state index contributed by atoms with van der Waals surface area (Å²) in [7, 11) is 0. The standard InChI is InChI=1S/C18H15FN2OS/c1-13-11-17(22-15-8-3-2-4-9-15)21-18(20-13)23-12-14-7-5-6-10-16(14)19/h2-11H,12H2,1H3. The minimum absolute atomic E-state index is 0.214. The number of hydrogen-bond acceptors (Lipinski definition) is 4. The van der Waals surface area contributed by atoms with Gasteiger partial charge in [0.05, 0.1) is 0 Å². The lowest BCUT2D eigenvalue weighted by Gasteiger charge is -2.07. The van der Waals surface area contributed by atoms with Crippen molar-refractivity contribution in [1.29, 1.82) is 0 Å². The first-order valence-electron chi connectivity index (χ1n) is 7.15. The number of benzene rings is 2. The topological polar surface area (TPSA) is 35.0 Å². The van der Waals surface area contributed by atoms with Crippen LogP contribution in [0.25, 0.3) is 0 Å². The van der Waals surface area contributed by atoms with Gasteiger partial charge in [0, 0.05) is 17.5 Å². The number of aryl methyl sites for hydroxylation is 1. The van der Waals surface area contributed by atoms with E-state index in [0.29, 0.717) is 22.4 Å². The van der Waals surface area contributed by atoms with Crippen LogP contribution in [0.15, 0.2) is 65.8 Å². The largest absolute Gasteiger partial charge is 0.439 e. The molecule has 2 aromatic carbocycles. The maximum atomic E-state index is 13.7. The van der Waals surface area contributed by atoms with Crippen molar-refractivity contribution in [2.75, 3.05) is 0 Å². The van der Waals surface area contributed by atoms with Crippen LogP contribution in [0.2, 0.25) is 0 Å². The molecule has 0 N–H and O–H groups in total. The van der Waals surface area contributed by atoms with Gasteiger partial charge in [-0.25, -0.2) is 9.37 Å². The number of thioether (sulfide) groups is 1. The van der Waals surface area contributed by atoms with Gasteiger partial charge in [0.15, 0.2) is 5.16 Å². The summed E-state index contributed by atoms with van der Waals surface area (Å²) in [4.78, 5) is 8.75. The van der Waals surface area contributed by atoms with Crippen molar-refractivity contribution in [1.82, 2.24) is 9.97 Å². The Hall–Kier alpha value is -2.40. The van der Waals surface area contributed by atoms with Crippen LogP contribution in [-0.2, 0) is 5.75 Å². The Kier molecular flexibility index (Phi) is 4.88. The Bertz CT molecular complexity index is 796. The maximum Gasteiger partial charge on any atom is 0.223 e.